The van der Waals surface area contributed by atoms with Crippen LogP contribution in [-0.4, -0.2) is 59.6 Å². The van der Waals surface area contributed by atoms with Crippen molar-refractivity contribution in [2.24, 2.45) is 5.92 Å². The first-order valence-electron chi connectivity index (χ1n) is 9.86. The second-order valence-corrected chi connectivity index (χ2v) is 7.62. The van der Waals surface area contributed by atoms with Crippen molar-refractivity contribution in [3.05, 3.63) is 29.8 Å². The summed E-state index contributed by atoms with van der Waals surface area (Å²) in [6, 6.07) is 6.70. The highest BCUT2D eigenvalue weighted by molar-refractivity contribution is 5.95. The van der Waals surface area contributed by atoms with Crippen LogP contribution in [0.2, 0.25) is 0 Å². The van der Waals surface area contributed by atoms with Gasteiger partial charge >= 0.3 is 12.0 Å². The minimum Gasteiger partial charge on any atom is -0.480 e. The number of carbonyl (C=O) groups is 3. The van der Waals surface area contributed by atoms with E-state index in [1.165, 1.54) is 12.8 Å². The van der Waals surface area contributed by atoms with Gasteiger partial charge in [-0.15, -0.1) is 0 Å². The summed E-state index contributed by atoms with van der Waals surface area (Å²) < 4.78 is 0. The molecular weight excluding hydrogens is 360 g/mol. The van der Waals surface area contributed by atoms with Crippen LogP contribution in [0.25, 0.3) is 0 Å². The smallest absolute Gasteiger partial charge is 0.319 e. The molecule has 1 aromatic rings. The molecule has 0 spiro atoms. The summed E-state index contributed by atoms with van der Waals surface area (Å²) in [5.41, 5.74) is 1.16. The number of benzene rings is 1. The van der Waals surface area contributed by atoms with Gasteiger partial charge in [0.25, 0.3) is 5.91 Å². The van der Waals surface area contributed by atoms with E-state index in [1.54, 1.807) is 24.3 Å². The van der Waals surface area contributed by atoms with Gasteiger partial charge in [-0.2, -0.15) is 0 Å². The number of nitrogens with zero attached hydrogens (tertiary/aromatic N) is 1. The number of hydrogen-bond acceptors (Lipinski definition) is 4. The van der Waals surface area contributed by atoms with Gasteiger partial charge in [0.05, 0.1) is 6.54 Å². The average molecular weight is 388 g/mol. The summed E-state index contributed by atoms with van der Waals surface area (Å²) in [7, 11) is 0. The van der Waals surface area contributed by atoms with Crippen molar-refractivity contribution in [3.63, 3.8) is 0 Å². The molecule has 2 aliphatic carbocycles. The second-order valence-electron chi connectivity index (χ2n) is 7.62. The van der Waals surface area contributed by atoms with Crippen LogP contribution in [-0.2, 0) is 4.79 Å². The SMILES string of the molecule is CCNC(=O)c1ccc(NC(=O)NC2CC(N(CC(=O)O)CC3CC3)C2)cc1. The molecule has 3 amide bonds. The summed E-state index contributed by atoms with van der Waals surface area (Å²) in [4.78, 5) is 37.0. The van der Waals surface area contributed by atoms with Crippen molar-refractivity contribution < 1.29 is 19.5 Å². The third-order valence-corrected chi connectivity index (χ3v) is 5.24. The zero-order valence-electron chi connectivity index (χ0n) is 16.1. The molecule has 152 valence electrons. The van der Waals surface area contributed by atoms with E-state index in [4.69, 9.17) is 5.11 Å². The van der Waals surface area contributed by atoms with Crippen molar-refractivity contribution >= 4 is 23.6 Å². The molecule has 28 heavy (non-hydrogen) atoms. The Morgan fingerprint density at radius 2 is 1.82 bits per heavy atom. The van der Waals surface area contributed by atoms with Crippen LogP contribution in [0.3, 0.4) is 0 Å². The van der Waals surface area contributed by atoms with Gasteiger partial charge in [-0.25, -0.2) is 4.79 Å². The third kappa shape index (κ3) is 5.69. The van der Waals surface area contributed by atoms with Crippen LogP contribution in [0, 0.1) is 5.92 Å². The lowest BCUT2D eigenvalue weighted by Crippen LogP contribution is -2.55. The number of aliphatic carboxylic acids is 1. The molecule has 0 aromatic heterocycles. The number of urea groups is 1. The molecule has 0 unspecified atom stereocenters. The summed E-state index contributed by atoms with van der Waals surface area (Å²) in [5.74, 6) is -0.306. The van der Waals surface area contributed by atoms with E-state index in [0.29, 0.717) is 23.7 Å². The number of carboxylic acids is 1. The third-order valence-electron chi connectivity index (χ3n) is 5.24. The van der Waals surface area contributed by atoms with Crippen LogP contribution >= 0.6 is 0 Å². The van der Waals surface area contributed by atoms with Crippen LogP contribution in [0.15, 0.2) is 24.3 Å². The normalized spacial score (nSPS) is 20.9. The number of rotatable bonds is 9. The lowest BCUT2D eigenvalue weighted by molar-refractivity contribution is -0.139. The molecular formula is C20H28N4O4. The molecule has 1 aromatic carbocycles. The van der Waals surface area contributed by atoms with Gasteiger partial charge in [-0.3, -0.25) is 14.5 Å². The molecule has 2 fully saturated rings. The first-order valence-corrected chi connectivity index (χ1v) is 9.86. The first kappa shape index (κ1) is 20.1. The van der Waals surface area contributed by atoms with Crippen LogP contribution in [0.4, 0.5) is 10.5 Å². The fourth-order valence-electron chi connectivity index (χ4n) is 3.47. The van der Waals surface area contributed by atoms with Gasteiger partial charge in [0, 0.05) is 36.4 Å². The molecule has 2 aliphatic rings. The minimum atomic E-state index is -0.800. The Bertz CT molecular complexity index is 711. The van der Waals surface area contributed by atoms with Crippen molar-refractivity contribution in [1.29, 1.82) is 0 Å². The molecule has 8 heteroatoms. The molecule has 0 heterocycles. The first-order chi connectivity index (χ1) is 13.4. The van der Waals surface area contributed by atoms with Gasteiger partial charge in [-0.05, 0) is 62.8 Å². The van der Waals surface area contributed by atoms with E-state index in [0.717, 1.165) is 19.4 Å². The summed E-state index contributed by atoms with van der Waals surface area (Å²) in [6.07, 6.45) is 3.91. The predicted molar refractivity (Wildman–Crippen MR) is 105 cm³/mol. The number of hydrogen-bond donors (Lipinski definition) is 4. The van der Waals surface area contributed by atoms with Crippen molar-refractivity contribution in [1.82, 2.24) is 15.5 Å². The highest BCUT2D eigenvalue weighted by Gasteiger charge is 2.37. The van der Waals surface area contributed by atoms with Gasteiger partial charge in [-0.1, -0.05) is 0 Å². The Morgan fingerprint density at radius 1 is 1.14 bits per heavy atom. The molecule has 8 nitrogen and oxygen atoms in total. The van der Waals surface area contributed by atoms with E-state index >= 15 is 0 Å². The number of amides is 3. The average Bonchev–Trinajstić information content (AvgIpc) is 3.41. The number of carbonyl (C=O) groups excluding carboxylic acids is 2. The summed E-state index contributed by atoms with van der Waals surface area (Å²) >= 11 is 0. The quantitative estimate of drug-likeness (QED) is 0.516. The van der Waals surface area contributed by atoms with Crippen molar-refractivity contribution in [3.8, 4) is 0 Å². The number of nitrogens with one attached hydrogen (secondary N) is 3. The maximum atomic E-state index is 12.2. The molecule has 0 atom stereocenters. The maximum Gasteiger partial charge on any atom is 0.319 e. The van der Waals surface area contributed by atoms with Gasteiger partial charge < -0.3 is 21.1 Å². The largest absolute Gasteiger partial charge is 0.480 e. The Morgan fingerprint density at radius 3 is 2.39 bits per heavy atom. The summed E-state index contributed by atoms with van der Waals surface area (Å²) in [6.45, 7) is 3.33. The Labute approximate surface area is 164 Å². The van der Waals surface area contributed by atoms with Crippen LogP contribution < -0.4 is 16.0 Å². The second kappa shape index (κ2) is 9.05. The molecule has 0 radical (unpaired) electrons. The van der Waals surface area contributed by atoms with Gasteiger partial charge in [0.15, 0.2) is 0 Å². The zero-order valence-corrected chi connectivity index (χ0v) is 16.1. The van der Waals surface area contributed by atoms with E-state index in [2.05, 4.69) is 16.0 Å². The number of carboxylic acid groups (broad SMARTS) is 1. The highest BCUT2D eigenvalue weighted by atomic mass is 16.4. The molecule has 2 saturated carbocycles. The lowest BCUT2D eigenvalue weighted by atomic mass is 9.85. The predicted octanol–water partition coefficient (Wildman–Crippen LogP) is 1.89. The Hall–Kier alpha value is -2.61. The minimum absolute atomic E-state index is 0.0510. The van der Waals surface area contributed by atoms with Crippen molar-refractivity contribution in [2.45, 2.75) is 44.7 Å². The topological polar surface area (TPSA) is 111 Å². The summed E-state index contributed by atoms with van der Waals surface area (Å²) in [5, 5.41) is 17.5. The van der Waals surface area contributed by atoms with E-state index < -0.39 is 5.97 Å². The Balaban J connectivity index is 1.42. The maximum absolute atomic E-state index is 12.2. The standard InChI is InChI=1S/C20H28N4O4/c1-2-21-19(27)14-5-7-15(8-6-14)22-20(28)23-16-9-17(10-16)24(12-18(25)26)11-13-3-4-13/h5-8,13,16-17H,2-4,9-12H2,1H3,(H,21,27)(H,25,26)(H2,22,23,28). The van der Waals surface area contributed by atoms with Crippen molar-refractivity contribution in [2.75, 3.05) is 25.0 Å². The van der Waals surface area contributed by atoms with Crippen LogP contribution in [0.5, 0.6) is 0 Å². The molecule has 0 aliphatic heterocycles. The zero-order chi connectivity index (χ0) is 20.1. The molecule has 0 saturated heterocycles. The lowest BCUT2D eigenvalue weighted by Gasteiger charge is -2.42. The monoisotopic (exact) mass is 388 g/mol. The molecule has 4 N–H and O–H groups in total. The Kier molecular flexibility index (Phi) is 6.51. The van der Waals surface area contributed by atoms with Gasteiger partial charge in [0.1, 0.15) is 0 Å². The van der Waals surface area contributed by atoms with E-state index in [1.807, 2.05) is 11.8 Å². The highest BCUT2D eigenvalue weighted by Crippen LogP contribution is 2.33. The molecule has 0 bridgehead atoms. The fraction of sp³-hybridized carbons (Fsp3) is 0.550. The number of anilines is 1. The van der Waals surface area contributed by atoms with Gasteiger partial charge in [0.2, 0.25) is 0 Å². The van der Waals surface area contributed by atoms with E-state index in [-0.39, 0.29) is 30.6 Å². The molecule has 3 rings (SSSR count). The fourth-order valence-corrected chi connectivity index (χ4v) is 3.47. The van der Waals surface area contributed by atoms with Crippen LogP contribution in [0.1, 0.15) is 43.0 Å². The van der Waals surface area contributed by atoms with E-state index in [9.17, 15) is 14.4 Å².